The predicted octanol–water partition coefficient (Wildman–Crippen LogP) is -0.609. The molecule has 1 saturated heterocycles. The molecule has 1 unspecified atom stereocenters. The molecule has 0 bridgehead atoms. The van der Waals surface area contributed by atoms with Crippen molar-refractivity contribution in [2.75, 3.05) is 38.5 Å². The Morgan fingerprint density at radius 2 is 1.92 bits per heavy atom. The Bertz CT molecular complexity index is 778. The lowest BCUT2D eigenvalue weighted by Crippen LogP contribution is -2.50. The molecular formula is C16H25N7O2. The van der Waals surface area contributed by atoms with E-state index in [1.54, 1.807) is 11.4 Å². The van der Waals surface area contributed by atoms with Gasteiger partial charge in [-0.2, -0.15) is 9.50 Å². The molecule has 9 heteroatoms. The number of β-amino-alcohol motifs (C(OH)–C–C–N with tert-alkyl or cyclic N) is 1. The summed E-state index contributed by atoms with van der Waals surface area (Å²) in [7, 11) is 0. The summed E-state index contributed by atoms with van der Waals surface area (Å²) >= 11 is 0. The molecule has 0 radical (unpaired) electrons. The molecular weight excluding hydrogens is 322 g/mol. The lowest BCUT2D eigenvalue weighted by molar-refractivity contribution is -0.132. The average Bonchev–Trinajstić information content (AvgIpc) is 2.92. The molecule has 1 fully saturated rings. The Morgan fingerprint density at radius 1 is 1.24 bits per heavy atom. The number of piperazine rings is 1. The molecule has 9 nitrogen and oxygen atoms in total. The molecule has 1 aliphatic rings. The lowest BCUT2D eigenvalue weighted by atomic mass is 10.1. The number of nitrogens with two attached hydrogens (primary N) is 1. The molecule has 0 aromatic carbocycles. The van der Waals surface area contributed by atoms with E-state index in [2.05, 4.69) is 20.0 Å². The minimum absolute atomic E-state index is 0.0807. The molecule has 3 N–H and O–H groups in total. The van der Waals surface area contributed by atoms with Gasteiger partial charge in [-0.05, 0) is 20.8 Å². The van der Waals surface area contributed by atoms with Crippen LogP contribution >= 0.6 is 0 Å². The zero-order valence-corrected chi connectivity index (χ0v) is 14.9. The van der Waals surface area contributed by atoms with Crippen molar-refractivity contribution in [2.45, 2.75) is 33.3 Å². The first-order valence-electron chi connectivity index (χ1n) is 8.51. The SMILES string of the molecule is Cc1nc2nc(N)nn2c(C)c1CC(=O)N1CCN(CC(C)O)CC1. The van der Waals surface area contributed by atoms with Gasteiger partial charge in [0.1, 0.15) is 0 Å². The molecule has 1 aliphatic heterocycles. The normalized spacial score (nSPS) is 17.2. The summed E-state index contributed by atoms with van der Waals surface area (Å²) in [6.45, 7) is 9.12. The monoisotopic (exact) mass is 347 g/mol. The number of hydrogen-bond donors (Lipinski definition) is 2. The third-order valence-electron chi connectivity index (χ3n) is 4.64. The van der Waals surface area contributed by atoms with E-state index in [1.807, 2.05) is 18.7 Å². The first kappa shape index (κ1) is 17.6. The van der Waals surface area contributed by atoms with Gasteiger partial charge in [-0.3, -0.25) is 9.69 Å². The summed E-state index contributed by atoms with van der Waals surface area (Å²) in [5, 5.41) is 13.6. The fourth-order valence-electron chi connectivity index (χ4n) is 3.30. The van der Waals surface area contributed by atoms with Crippen LogP contribution in [0.5, 0.6) is 0 Å². The number of hydrogen-bond acceptors (Lipinski definition) is 7. The maximum absolute atomic E-state index is 12.7. The Kier molecular flexibility index (Phi) is 4.87. The van der Waals surface area contributed by atoms with Gasteiger partial charge in [0, 0.05) is 49.7 Å². The minimum Gasteiger partial charge on any atom is -0.392 e. The molecule has 0 saturated carbocycles. The second-order valence-electron chi connectivity index (χ2n) is 6.65. The van der Waals surface area contributed by atoms with Crippen molar-refractivity contribution in [1.82, 2.24) is 29.4 Å². The molecule has 1 atom stereocenters. The van der Waals surface area contributed by atoms with Gasteiger partial charge in [-0.25, -0.2) is 4.98 Å². The molecule has 2 aromatic rings. The number of carbonyl (C=O) groups excluding carboxylic acids is 1. The number of aliphatic hydroxyl groups is 1. The average molecular weight is 347 g/mol. The first-order chi connectivity index (χ1) is 11.8. The van der Waals surface area contributed by atoms with Crippen LogP contribution in [0.2, 0.25) is 0 Å². The molecule has 2 aromatic heterocycles. The van der Waals surface area contributed by atoms with Gasteiger partial charge in [0.05, 0.1) is 12.5 Å². The van der Waals surface area contributed by atoms with Gasteiger partial charge in [0.15, 0.2) is 0 Å². The second-order valence-corrected chi connectivity index (χ2v) is 6.65. The van der Waals surface area contributed by atoms with Crippen molar-refractivity contribution in [3.63, 3.8) is 0 Å². The third kappa shape index (κ3) is 3.72. The first-order valence-corrected chi connectivity index (χ1v) is 8.51. The number of rotatable bonds is 4. The van der Waals surface area contributed by atoms with Crippen molar-refractivity contribution in [1.29, 1.82) is 0 Å². The summed E-state index contributed by atoms with van der Waals surface area (Å²) < 4.78 is 1.59. The van der Waals surface area contributed by atoms with Gasteiger partial charge in [0.25, 0.3) is 5.78 Å². The molecule has 0 spiro atoms. The van der Waals surface area contributed by atoms with E-state index in [0.717, 1.165) is 30.0 Å². The number of aliphatic hydroxyl groups excluding tert-OH is 1. The smallest absolute Gasteiger partial charge is 0.254 e. The molecule has 0 aliphatic carbocycles. The van der Waals surface area contributed by atoms with Crippen molar-refractivity contribution in [2.24, 2.45) is 0 Å². The number of nitrogens with zero attached hydrogens (tertiary/aromatic N) is 6. The van der Waals surface area contributed by atoms with Crippen LogP contribution in [-0.2, 0) is 11.2 Å². The van der Waals surface area contributed by atoms with Crippen LogP contribution in [0, 0.1) is 13.8 Å². The van der Waals surface area contributed by atoms with E-state index in [4.69, 9.17) is 5.73 Å². The second kappa shape index (κ2) is 6.93. The van der Waals surface area contributed by atoms with Crippen LogP contribution in [-0.4, -0.2) is 79.2 Å². The number of aryl methyl sites for hydroxylation is 2. The van der Waals surface area contributed by atoms with Crippen molar-refractivity contribution >= 4 is 17.6 Å². The van der Waals surface area contributed by atoms with E-state index in [0.29, 0.717) is 25.4 Å². The number of amides is 1. The highest BCUT2D eigenvalue weighted by molar-refractivity contribution is 5.79. The van der Waals surface area contributed by atoms with E-state index in [9.17, 15) is 9.90 Å². The highest BCUT2D eigenvalue weighted by Crippen LogP contribution is 2.16. The maximum atomic E-state index is 12.7. The molecule has 3 heterocycles. The zero-order valence-electron chi connectivity index (χ0n) is 14.9. The van der Waals surface area contributed by atoms with Crippen molar-refractivity contribution in [3.8, 4) is 0 Å². The van der Waals surface area contributed by atoms with Gasteiger partial charge in [0.2, 0.25) is 11.9 Å². The Hall–Kier alpha value is -2.26. The highest BCUT2D eigenvalue weighted by atomic mass is 16.3. The Balaban J connectivity index is 1.70. The van der Waals surface area contributed by atoms with Crippen LogP contribution in [0.4, 0.5) is 5.95 Å². The number of nitrogen functional groups attached to an aromatic ring is 1. The van der Waals surface area contributed by atoms with E-state index >= 15 is 0 Å². The summed E-state index contributed by atoms with van der Waals surface area (Å²) in [5.41, 5.74) is 8.13. The van der Waals surface area contributed by atoms with Crippen LogP contribution in [0.25, 0.3) is 5.78 Å². The minimum atomic E-state index is -0.347. The van der Waals surface area contributed by atoms with Gasteiger partial charge in [-0.1, -0.05) is 0 Å². The number of carbonyl (C=O) groups is 1. The van der Waals surface area contributed by atoms with Gasteiger partial charge in [-0.15, -0.1) is 5.10 Å². The molecule has 3 rings (SSSR count). The summed E-state index contributed by atoms with van der Waals surface area (Å²) in [4.78, 5) is 25.2. The van der Waals surface area contributed by atoms with Crippen LogP contribution in [0.3, 0.4) is 0 Å². The van der Waals surface area contributed by atoms with Crippen LogP contribution < -0.4 is 5.73 Å². The summed E-state index contributed by atoms with van der Waals surface area (Å²) in [6, 6.07) is 0. The summed E-state index contributed by atoms with van der Waals surface area (Å²) in [5.74, 6) is 0.709. The highest BCUT2D eigenvalue weighted by Gasteiger charge is 2.23. The van der Waals surface area contributed by atoms with Crippen LogP contribution in [0.1, 0.15) is 23.9 Å². The van der Waals surface area contributed by atoms with E-state index in [-0.39, 0.29) is 24.4 Å². The lowest BCUT2D eigenvalue weighted by Gasteiger charge is -2.35. The predicted molar refractivity (Wildman–Crippen MR) is 93.1 cm³/mol. The maximum Gasteiger partial charge on any atom is 0.254 e. The number of fused-ring (bicyclic) bond motifs is 1. The fourth-order valence-corrected chi connectivity index (χ4v) is 3.30. The van der Waals surface area contributed by atoms with Crippen LogP contribution in [0.15, 0.2) is 0 Å². The van der Waals surface area contributed by atoms with Crippen molar-refractivity contribution < 1.29 is 9.90 Å². The number of anilines is 1. The standard InChI is InChI=1S/C16H25N7O2/c1-10(24)9-21-4-6-22(7-5-21)14(25)8-13-11(2)18-16-19-15(17)20-23(16)12(13)3/h10,24H,4-9H2,1-3H3,(H2,17,20). The van der Waals surface area contributed by atoms with E-state index < -0.39 is 0 Å². The van der Waals surface area contributed by atoms with Crippen molar-refractivity contribution in [3.05, 3.63) is 17.0 Å². The Labute approximate surface area is 146 Å². The zero-order chi connectivity index (χ0) is 18.1. The molecule has 1 amide bonds. The fraction of sp³-hybridized carbons (Fsp3) is 0.625. The quantitative estimate of drug-likeness (QED) is 0.758. The van der Waals surface area contributed by atoms with E-state index in [1.165, 1.54) is 0 Å². The molecule has 136 valence electrons. The Morgan fingerprint density at radius 3 is 2.56 bits per heavy atom. The topological polar surface area (TPSA) is 113 Å². The summed E-state index contributed by atoms with van der Waals surface area (Å²) in [6.07, 6.45) is -0.0583. The largest absolute Gasteiger partial charge is 0.392 e. The van der Waals surface area contributed by atoms with Gasteiger partial charge >= 0.3 is 0 Å². The van der Waals surface area contributed by atoms with Gasteiger partial charge < -0.3 is 15.7 Å². The third-order valence-corrected chi connectivity index (χ3v) is 4.64. The molecule has 25 heavy (non-hydrogen) atoms. The number of aromatic nitrogens is 4.